The molecule has 96 valence electrons. The summed E-state index contributed by atoms with van der Waals surface area (Å²) in [6.07, 6.45) is 5.20. The largest absolute Gasteiger partial charge is 0.393 e. The molecule has 4 heteroatoms. The molecule has 1 heterocycles. The van der Waals surface area contributed by atoms with Crippen molar-refractivity contribution in [2.45, 2.75) is 18.9 Å². The fourth-order valence-corrected chi connectivity index (χ4v) is 2.92. The van der Waals surface area contributed by atoms with E-state index in [2.05, 4.69) is 0 Å². The monoisotopic (exact) mass is 238 g/mol. The van der Waals surface area contributed by atoms with Gasteiger partial charge in [0.15, 0.2) is 0 Å². The average molecular weight is 238 g/mol. The molecule has 3 atom stereocenters. The second kappa shape index (κ2) is 5.19. The molecule has 2 aliphatic rings. The van der Waals surface area contributed by atoms with E-state index in [4.69, 9.17) is 0 Å². The smallest absolute Gasteiger partial charge is 0.246 e. The topological polar surface area (TPSA) is 43.8 Å². The van der Waals surface area contributed by atoms with E-state index in [0.29, 0.717) is 11.8 Å². The number of likely N-dealkylation sites (N-methyl/N-ethyl adjacent to an activating group) is 1. The number of carbonyl (C=O) groups is 1. The number of nitrogens with zero attached hydrogens (tertiary/aromatic N) is 2. The van der Waals surface area contributed by atoms with Crippen molar-refractivity contribution in [1.82, 2.24) is 9.80 Å². The zero-order valence-corrected chi connectivity index (χ0v) is 10.7. The molecule has 0 aromatic heterocycles. The van der Waals surface area contributed by atoms with Crippen molar-refractivity contribution >= 4 is 5.91 Å². The maximum Gasteiger partial charge on any atom is 0.246 e. The third kappa shape index (κ3) is 3.07. The standard InChI is InChI=1S/C13H22N2O2/c1-14(2)5-3-4-13(17)15-8-10-6-12(16)7-11(10)9-15/h3-4,10-12,16H,5-9H2,1-2H3/b4-3+/t10-,11+,12?. The molecule has 1 saturated heterocycles. The summed E-state index contributed by atoms with van der Waals surface area (Å²) in [5.74, 6) is 1.17. The van der Waals surface area contributed by atoms with Gasteiger partial charge in [0, 0.05) is 25.7 Å². The van der Waals surface area contributed by atoms with Crippen LogP contribution in [-0.2, 0) is 4.79 Å². The van der Waals surface area contributed by atoms with Crippen LogP contribution in [0.3, 0.4) is 0 Å². The zero-order valence-electron chi connectivity index (χ0n) is 10.7. The highest BCUT2D eigenvalue weighted by atomic mass is 16.3. The normalized spacial score (nSPS) is 32.7. The molecular formula is C13H22N2O2. The van der Waals surface area contributed by atoms with Crippen molar-refractivity contribution in [2.75, 3.05) is 33.7 Å². The number of amides is 1. The molecule has 1 N–H and O–H groups in total. The Morgan fingerprint density at radius 2 is 1.94 bits per heavy atom. The van der Waals surface area contributed by atoms with Gasteiger partial charge in [-0.05, 0) is 38.8 Å². The molecule has 0 spiro atoms. The summed E-state index contributed by atoms with van der Waals surface area (Å²) in [5.41, 5.74) is 0. The Labute approximate surface area is 103 Å². The second-order valence-corrected chi connectivity index (χ2v) is 5.55. The number of hydrogen-bond acceptors (Lipinski definition) is 3. The molecule has 1 aliphatic heterocycles. The lowest BCUT2D eigenvalue weighted by Crippen LogP contribution is -2.28. The Morgan fingerprint density at radius 3 is 2.47 bits per heavy atom. The summed E-state index contributed by atoms with van der Waals surface area (Å²) in [5, 5.41) is 9.54. The van der Waals surface area contributed by atoms with Gasteiger partial charge in [-0.2, -0.15) is 0 Å². The summed E-state index contributed by atoms with van der Waals surface area (Å²) < 4.78 is 0. The zero-order chi connectivity index (χ0) is 12.4. The van der Waals surface area contributed by atoms with Gasteiger partial charge < -0.3 is 14.9 Å². The lowest BCUT2D eigenvalue weighted by Gasteiger charge is -2.16. The highest BCUT2D eigenvalue weighted by Gasteiger charge is 2.41. The van der Waals surface area contributed by atoms with Crippen LogP contribution < -0.4 is 0 Å². The van der Waals surface area contributed by atoms with E-state index in [0.717, 1.165) is 32.5 Å². The van der Waals surface area contributed by atoms with Crippen LogP contribution in [0.25, 0.3) is 0 Å². The summed E-state index contributed by atoms with van der Waals surface area (Å²) >= 11 is 0. The molecule has 2 fully saturated rings. The summed E-state index contributed by atoms with van der Waals surface area (Å²) in [6, 6.07) is 0. The minimum atomic E-state index is -0.133. The average Bonchev–Trinajstić information content (AvgIpc) is 2.73. The predicted octanol–water partition coefficient (Wildman–Crippen LogP) is 0.333. The Hall–Kier alpha value is -0.870. The van der Waals surface area contributed by atoms with Gasteiger partial charge in [0.25, 0.3) is 0 Å². The van der Waals surface area contributed by atoms with Crippen molar-refractivity contribution in [3.8, 4) is 0 Å². The molecule has 0 aromatic rings. The molecule has 4 nitrogen and oxygen atoms in total. The first kappa shape index (κ1) is 12.6. The molecule has 1 aliphatic carbocycles. The first-order chi connectivity index (χ1) is 8.06. The van der Waals surface area contributed by atoms with E-state index in [9.17, 15) is 9.90 Å². The molecular weight excluding hydrogens is 216 g/mol. The fourth-order valence-electron chi connectivity index (χ4n) is 2.92. The van der Waals surface area contributed by atoms with Crippen molar-refractivity contribution in [1.29, 1.82) is 0 Å². The highest BCUT2D eigenvalue weighted by molar-refractivity contribution is 5.87. The van der Waals surface area contributed by atoms with E-state index in [-0.39, 0.29) is 12.0 Å². The van der Waals surface area contributed by atoms with Gasteiger partial charge in [-0.1, -0.05) is 6.08 Å². The fraction of sp³-hybridized carbons (Fsp3) is 0.769. The molecule has 1 amide bonds. The van der Waals surface area contributed by atoms with Crippen LogP contribution in [0.5, 0.6) is 0 Å². The van der Waals surface area contributed by atoms with E-state index >= 15 is 0 Å². The Bertz CT molecular complexity index is 301. The van der Waals surface area contributed by atoms with E-state index in [1.165, 1.54) is 0 Å². The molecule has 1 saturated carbocycles. The minimum absolute atomic E-state index is 0.121. The molecule has 2 rings (SSSR count). The van der Waals surface area contributed by atoms with Gasteiger partial charge in [0.05, 0.1) is 6.10 Å². The maximum atomic E-state index is 11.9. The van der Waals surface area contributed by atoms with Crippen molar-refractivity contribution in [3.63, 3.8) is 0 Å². The maximum absolute atomic E-state index is 11.9. The minimum Gasteiger partial charge on any atom is -0.393 e. The molecule has 0 aromatic carbocycles. The van der Waals surface area contributed by atoms with Crippen LogP contribution in [0, 0.1) is 11.8 Å². The molecule has 0 bridgehead atoms. The van der Waals surface area contributed by atoms with Crippen molar-refractivity contribution in [2.24, 2.45) is 11.8 Å². The number of fused-ring (bicyclic) bond motifs is 1. The Balaban J connectivity index is 1.81. The van der Waals surface area contributed by atoms with Crippen LogP contribution in [0.4, 0.5) is 0 Å². The second-order valence-electron chi connectivity index (χ2n) is 5.55. The summed E-state index contributed by atoms with van der Waals surface area (Å²) in [7, 11) is 3.97. The van der Waals surface area contributed by atoms with Gasteiger partial charge in [-0.3, -0.25) is 4.79 Å². The van der Waals surface area contributed by atoms with Crippen molar-refractivity contribution < 1.29 is 9.90 Å². The lowest BCUT2D eigenvalue weighted by atomic mass is 10.0. The van der Waals surface area contributed by atoms with E-state index in [1.807, 2.05) is 30.0 Å². The van der Waals surface area contributed by atoms with Crippen LogP contribution in [-0.4, -0.2) is 60.6 Å². The van der Waals surface area contributed by atoms with Crippen LogP contribution in [0.1, 0.15) is 12.8 Å². The quantitative estimate of drug-likeness (QED) is 0.721. The Kier molecular flexibility index (Phi) is 3.84. The van der Waals surface area contributed by atoms with E-state index < -0.39 is 0 Å². The van der Waals surface area contributed by atoms with E-state index in [1.54, 1.807) is 6.08 Å². The van der Waals surface area contributed by atoms with Gasteiger partial charge in [-0.15, -0.1) is 0 Å². The number of rotatable bonds is 3. The van der Waals surface area contributed by atoms with Gasteiger partial charge in [-0.25, -0.2) is 0 Å². The third-order valence-electron chi connectivity index (χ3n) is 3.77. The number of hydrogen-bond donors (Lipinski definition) is 1. The molecule has 1 unspecified atom stereocenters. The van der Waals surface area contributed by atoms with Crippen LogP contribution in [0.15, 0.2) is 12.2 Å². The van der Waals surface area contributed by atoms with Gasteiger partial charge in [0.1, 0.15) is 0 Å². The third-order valence-corrected chi connectivity index (χ3v) is 3.77. The highest BCUT2D eigenvalue weighted by Crippen LogP contribution is 2.37. The lowest BCUT2D eigenvalue weighted by molar-refractivity contribution is -0.125. The van der Waals surface area contributed by atoms with Gasteiger partial charge >= 0.3 is 0 Å². The van der Waals surface area contributed by atoms with Gasteiger partial charge in [0.2, 0.25) is 5.91 Å². The summed E-state index contributed by atoms with van der Waals surface area (Å²) in [6.45, 7) is 2.45. The first-order valence-electron chi connectivity index (χ1n) is 6.34. The summed E-state index contributed by atoms with van der Waals surface area (Å²) in [4.78, 5) is 15.8. The SMILES string of the molecule is CN(C)C/C=C/C(=O)N1C[C@H]2CC(O)C[C@H]2C1. The van der Waals surface area contributed by atoms with Crippen LogP contribution >= 0.6 is 0 Å². The molecule has 0 radical (unpaired) electrons. The number of aliphatic hydroxyl groups excluding tert-OH is 1. The Morgan fingerprint density at radius 1 is 1.35 bits per heavy atom. The van der Waals surface area contributed by atoms with Crippen molar-refractivity contribution in [3.05, 3.63) is 12.2 Å². The number of likely N-dealkylation sites (tertiary alicyclic amines) is 1. The first-order valence-corrected chi connectivity index (χ1v) is 6.34. The molecule has 17 heavy (non-hydrogen) atoms. The number of aliphatic hydroxyl groups is 1. The number of carbonyl (C=O) groups excluding carboxylic acids is 1. The predicted molar refractivity (Wildman–Crippen MR) is 66.5 cm³/mol. The van der Waals surface area contributed by atoms with Crippen LogP contribution in [0.2, 0.25) is 0 Å².